The molecule has 0 bridgehead atoms. The Morgan fingerprint density at radius 2 is 0.780 bits per heavy atom. The van der Waals surface area contributed by atoms with Gasteiger partial charge in [0.2, 0.25) is 0 Å². The van der Waals surface area contributed by atoms with Crippen LogP contribution >= 0.6 is 0 Å². The number of rotatable bonds is 31. The van der Waals surface area contributed by atoms with E-state index in [0.717, 1.165) is 25.7 Å². The Labute approximate surface area is 257 Å². The molecule has 0 aliphatic rings. The van der Waals surface area contributed by atoms with E-state index in [1.54, 1.807) is 6.92 Å². The van der Waals surface area contributed by atoms with Crippen molar-refractivity contribution in [2.45, 2.75) is 194 Å². The van der Waals surface area contributed by atoms with Gasteiger partial charge in [-0.25, -0.2) is 0 Å². The molecule has 0 heterocycles. The van der Waals surface area contributed by atoms with Crippen molar-refractivity contribution >= 4 is 5.97 Å². The molecule has 41 heavy (non-hydrogen) atoms. The van der Waals surface area contributed by atoms with Gasteiger partial charge in [-0.05, 0) is 89.9 Å². The monoisotopic (exact) mass is 571 g/mol. The minimum atomic E-state index is -0.116. The number of ether oxygens (including phenoxy) is 1. The fraction of sp³-hybridized carbons (Fsp3) is 0.769. The van der Waals surface area contributed by atoms with Gasteiger partial charge in [-0.3, -0.25) is 4.79 Å². The van der Waals surface area contributed by atoms with Gasteiger partial charge in [0.25, 0.3) is 0 Å². The number of allylic oxidation sites excluding steroid dienone is 8. The molecule has 0 atom stereocenters. The highest BCUT2D eigenvalue weighted by atomic mass is 16.5. The molecule has 0 N–H and O–H groups in total. The van der Waals surface area contributed by atoms with Crippen LogP contribution in [0.25, 0.3) is 0 Å². The number of unbranched alkanes of at least 4 members (excludes halogenated alkanes) is 18. The van der Waals surface area contributed by atoms with E-state index in [1.165, 1.54) is 141 Å². The van der Waals surface area contributed by atoms with Crippen LogP contribution in [0.4, 0.5) is 0 Å². The van der Waals surface area contributed by atoms with Gasteiger partial charge in [0.1, 0.15) is 6.10 Å². The standard InChI is InChI=1S/C39H70O2/c1-4-6-8-10-12-14-16-18-20-22-24-26-28-30-32-34-36-39(41-38(3)40)37-35-33-31-29-27-25-23-21-19-17-15-13-11-9-7-5-2/h12-15,18-21,39H,4-11,16-17,22-37H2,1-3H3/b14-12-,15-13-,20-18-,21-19-. The summed E-state index contributed by atoms with van der Waals surface area (Å²) in [6, 6.07) is 0. The van der Waals surface area contributed by atoms with E-state index in [1.807, 2.05) is 0 Å². The van der Waals surface area contributed by atoms with Gasteiger partial charge in [-0.1, -0.05) is 140 Å². The summed E-state index contributed by atoms with van der Waals surface area (Å²) in [5, 5.41) is 0. The molecule has 0 fully saturated rings. The maximum absolute atomic E-state index is 11.6. The minimum Gasteiger partial charge on any atom is -0.463 e. The summed E-state index contributed by atoms with van der Waals surface area (Å²) in [5.74, 6) is -0.116. The lowest BCUT2D eigenvalue weighted by molar-refractivity contribution is -0.147. The molecule has 238 valence electrons. The highest BCUT2D eigenvalue weighted by molar-refractivity contribution is 5.66. The predicted molar refractivity (Wildman–Crippen MR) is 184 cm³/mol. The second kappa shape index (κ2) is 34.6. The van der Waals surface area contributed by atoms with Gasteiger partial charge in [-0.2, -0.15) is 0 Å². The minimum absolute atomic E-state index is 0.116. The van der Waals surface area contributed by atoms with Gasteiger partial charge in [0.15, 0.2) is 0 Å². The molecule has 0 saturated carbocycles. The summed E-state index contributed by atoms with van der Waals surface area (Å²) in [5.41, 5.74) is 0. The summed E-state index contributed by atoms with van der Waals surface area (Å²) >= 11 is 0. The molecule has 0 rings (SSSR count). The van der Waals surface area contributed by atoms with Crippen LogP contribution < -0.4 is 0 Å². The Morgan fingerprint density at radius 3 is 1.12 bits per heavy atom. The van der Waals surface area contributed by atoms with Crippen molar-refractivity contribution in [3.05, 3.63) is 48.6 Å². The fourth-order valence-corrected chi connectivity index (χ4v) is 5.22. The molecule has 0 spiro atoms. The lowest BCUT2D eigenvalue weighted by Crippen LogP contribution is -2.16. The molecule has 2 heteroatoms. The van der Waals surface area contributed by atoms with Crippen LogP contribution in [0.1, 0.15) is 188 Å². The number of hydrogen-bond donors (Lipinski definition) is 0. The Hall–Kier alpha value is -1.57. The van der Waals surface area contributed by atoms with Crippen LogP contribution in [-0.4, -0.2) is 12.1 Å². The third kappa shape index (κ3) is 34.5. The molecular weight excluding hydrogens is 500 g/mol. The van der Waals surface area contributed by atoms with Crippen LogP contribution in [0.5, 0.6) is 0 Å². The molecule has 0 amide bonds. The Balaban J connectivity index is 3.63. The lowest BCUT2D eigenvalue weighted by atomic mass is 10.0. The highest BCUT2D eigenvalue weighted by Crippen LogP contribution is 2.17. The second-order valence-electron chi connectivity index (χ2n) is 12.0. The van der Waals surface area contributed by atoms with Crippen LogP contribution in [0.3, 0.4) is 0 Å². The van der Waals surface area contributed by atoms with E-state index in [0.29, 0.717) is 0 Å². The van der Waals surface area contributed by atoms with Crippen LogP contribution in [0.2, 0.25) is 0 Å². The zero-order chi connectivity index (χ0) is 29.9. The summed E-state index contributed by atoms with van der Waals surface area (Å²) in [6.07, 6.45) is 51.3. The third-order valence-corrected chi connectivity index (χ3v) is 7.79. The number of esters is 1. The maximum atomic E-state index is 11.6. The van der Waals surface area contributed by atoms with Gasteiger partial charge in [0.05, 0.1) is 0 Å². The normalized spacial score (nSPS) is 12.3. The molecule has 0 aromatic rings. The fourth-order valence-electron chi connectivity index (χ4n) is 5.22. The van der Waals surface area contributed by atoms with Crippen molar-refractivity contribution in [3.63, 3.8) is 0 Å². The van der Waals surface area contributed by atoms with Gasteiger partial charge in [0, 0.05) is 6.92 Å². The summed E-state index contributed by atoms with van der Waals surface area (Å²) in [6.45, 7) is 6.08. The first-order valence-electron chi connectivity index (χ1n) is 18.0. The summed E-state index contributed by atoms with van der Waals surface area (Å²) in [4.78, 5) is 11.6. The zero-order valence-corrected chi connectivity index (χ0v) is 27.9. The first-order chi connectivity index (χ1) is 20.2. The van der Waals surface area contributed by atoms with Gasteiger partial charge in [-0.15, -0.1) is 0 Å². The van der Waals surface area contributed by atoms with Crippen LogP contribution in [0.15, 0.2) is 48.6 Å². The van der Waals surface area contributed by atoms with Crippen molar-refractivity contribution in [2.24, 2.45) is 0 Å². The molecule has 0 saturated heterocycles. The smallest absolute Gasteiger partial charge is 0.302 e. The van der Waals surface area contributed by atoms with E-state index in [2.05, 4.69) is 62.5 Å². The summed E-state index contributed by atoms with van der Waals surface area (Å²) < 4.78 is 5.64. The Kier molecular flexibility index (Phi) is 33.3. The number of hydrogen-bond acceptors (Lipinski definition) is 2. The SMILES string of the molecule is CCCCC/C=C\C/C=C\CCCCCCCCC(CCCCCCCC/C=C\C/C=C\CCCCC)OC(C)=O. The van der Waals surface area contributed by atoms with E-state index in [-0.39, 0.29) is 12.1 Å². The molecule has 0 aromatic carbocycles. The average molecular weight is 571 g/mol. The highest BCUT2D eigenvalue weighted by Gasteiger charge is 2.11. The van der Waals surface area contributed by atoms with Crippen molar-refractivity contribution in [2.75, 3.05) is 0 Å². The van der Waals surface area contributed by atoms with Crippen LogP contribution in [-0.2, 0) is 9.53 Å². The topological polar surface area (TPSA) is 26.3 Å². The third-order valence-electron chi connectivity index (χ3n) is 7.79. The van der Waals surface area contributed by atoms with E-state index in [4.69, 9.17) is 4.74 Å². The van der Waals surface area contributed by atoms with Gasteiger partial charge >= 0.3 is 5.97 Å². The van der Waals surface area contributed by atoms with Crippen molar-refractivity contribution in [3.8, 4) is 0 Å². The lowest BCUT2D eigenvalue weighted by Gasteiger charge is -2.17. The second-order valence-corrected chi connectivity index (χ2v) is 12.0. The zero-order valence-electron chi connectivity index (χ0n) is 27.9. The largest absolute Gasteiger partial charge is 0.463 e. The van der Waals surface area contributed by atoms with Crippen molar-refractivity contribution in [1.82, 2.24) is 0 Å². The van der Waals surface area contributed by atoms with Crippen molar-refractivity contribution in [1.29, 1.82) is 0 Å². The van der Waals surface area contributed by atoms with Crippen molar-refractivity contribution < 1.29 is 9.53 Å². The Morgan fingerprint density at radius 1 is 0.463 bits per heavy atom. The average Bonchev–Trinajstić information content (AvgIpc) is 2.96. The van der Waals surface area contributed by atoms with Crippen LogP contribution in [0, 0.1) is 0 Å². The predicted octanol–water partition coefficient (Wildman–Crippen LogP) is 13.3. The number of carbonyl (C=O) groups is 1. The quantitative estimate of drug-likeness (QED) is 0.0470. The number of carbonyl (C=O) groups excluding carboxylic acids is 1. The first kappa shape index (κ1) is 39.4. The molecule has 0 aromatic heterocycles. The molecule has 0 aliphatic carbocycles. The molecule has 0 unspecified atom stereocenters. The Bertz CT molecular complexity index is 594. The van der Waals surface area contributed by atoms with E-state index >= 15 is 0 Å². The molecular formula is C39H70O2. The molecule has 2 nitrogen and oxygen atoms in total. The molecule has 0 radical (unpaired) electrons. The van der Waals surface area contributed by atoms with E-state index in [9.17, 15) is 4.79 Å². The summed E-state index contributed by atoms with van der Waals surface area (Å²) in [7, 11) is 0. The molecule has 0 aliphatic heterocycles. The van der Waals surface area contributed by atoms with E-state index < -0.39 is 0 Å². The first-order valence-corrected chi connectivity index (χ1v) is 18.0. The maximum Gasteiger partial charge on any atom is 0.302 e. The van der Waals surface area contributed by atoms with Gasteiger partial charge < -0.3 is 4.74 Å².